The van der Waals surface area contributed by atoms with Crippen molar-refractivity contribution in [2.24, 2.45) is 0 Å². The van der Waals surface area contributed by atoms with Gasteiger partial charge in [0.25, 0.3) is 0 Å². The van der Waals surface area contributed by atoms with Gasteiger partial charge in [0, 0.05) is 18.1 Å². The van der Waals surface area contributed by atoms with Gasteiger partial charge in [0.15, 0.2) is 0 Å². The van der Waals surface area contributed by atoms with E-state index in [1.54, 1.807) is 6.08 Å². The standard InChI is InChI=1S/C20H23ClN2O2/c1-3-12-25-18-10-8-16(9-11-18)14-23(2)15-20(24)22-13-17-6-4-5-7-19(17)21/h3-11H,1,12-15H2,2H3,(H,22,24). The van der Waals surface area contributed by atoms with Crippen LogP contribution in [0.4, 0.5) is 0 Å². The molecule has 25 heavy (non-hydrogen) atoms. The molecule has 0 unspecified atom stereocenters. The van der Waals surface area contributed by atoms with Gasteiger partial charge in [0.2, 0.25) is 5.91 Å². The Morgan fingerprint density at radius 3 is 2.64 bits per heavy atom. The van der Waals surface area contributed by atoms with E-state index in [0.29, 0.717) is 31.3 Å². The third kappa shape index (κ3) is 6.61. The molecule has 0 saturated carbocycles. The summed E-state index contributed by atoms with van der Waals surface area (Å²) < 4.78 is 5.46. The molecule has 0 fully saturated rings. The molecule has 0 aliphatic heterocycles. The lowest BCUT2D eigenvalue weighted by Gasteiger charge is -2.17. The number of nitrogens with zero attached hydrogens (tertiary/aromatic N) is 1. The molecule has 5 heteroatoms. The number of carbonyl (C=O) groups is 1. The minimum absolute atomic E-state index is 0.0339. The Kier molecular flexibility index (Phi) is 7.51. The maximum absolute atomic E-state index is 12.1. The molecule has 0 radical (unpaired) electrons. The molecule has 0 aliphatic carbocycles. The number of carbonyl (C=O) groups excluding carboxylic acids is 1. The minimum atomic E-state index is -0.0339. The summed E-state index contributed by atoms with van der Waals surface area (Å²) >= 11 is 6.09. The van der Waals surface area contributed by atoms with Crippen molar-refractivity contribution in [2.45, 2.75) is 13.1 Å². The van der Waals surface area contributed by atoms with E-state index >= 15 is 0 Å². The number of likely N-dealkylation sites (N-methyl/N-ethyl adjacent to an activating group) is 1. The quantitative estimate of drug-likeness (QED) is 0.696. The molecule has 1 amide bonds. The van der Waals surface area contributed by atoms with Crippen LogP contribution in [0.1, 0.15) is 11.1 Å². The van der Waals surface area contributed by atoms with Crippen LogP contribution in [0.5, 0.6) is 5.75 Å². The monoisotopic (exact) mass is 358 g/mol. The van der Waals surface area contributed by atoms with Gasteiger partial charge in [0.1, 0.15) is 12.4 Å². The van der Waals surface area contributed by atoms with E-state index in [1.165, 1.54) is 0 Å². The van der Waals surface area contributed by atoms with Crippen molar-refractivity contribution in [1.82, 2.24) is 10.2 Å². The van der Waals surface area contributed by atoms with Gasteiger partial charge in [-0.3, -0.25) is 9.69 Å². The highest BCUT2D eigenvalue weighted by molar-refractivity contribution is 6.31. The summed E-state index contributed by atoms with van der Waals surface area (Å²) in [5.74, 6) is 0.775. The van der Waals surface area contributed by atoms with Crippen molar-refractivity contribution < 1.29 is 9.53 Å². The lowest BCUT2D eigenvalue weighted by Crippen LogP contribution is -2.34. The lowest BCUT2D eigenvalue weighted by molar-refractivity contribution is -0.122. The molecular formula is C20H23ClN2O2. The molecule has 0 atom stereocenters. The van der Waals surface area contributed by atoms with Crippen LogP contribution in [0, 0.1) is 0 Å². The fourth-order valence-electron chi connectivity index (χ4n) is 2.35. The molecule has 1 N–H and O–H groups in total. The van der Waals surface area contributed by atoms with Crippen LogP contribution >= 0.6 is 11.6 Å². The number of halogens is 1. The Labute approximate surface area is 154 Å². The lowest BCUT2D eigenvalue weighted by atomic mass is 10.2. The summed E-state index contributed by atoms with van der Waals surface area (Å²) in [7, 11) is 1.91. The molecule has 2 aromatic carbocycles. The smallest absolute Gasteiger partial charge is 0.234 e. The molecule has 0 aromatic heterocycles. The van der Waals surface area contributed by atoms with Crippen molar-refractivity contribution >= 4 is 17.5 Å². The second-order valence-corrected chi connectivity index (χ2v) is 6.19. The Morgan fingerprint density at radius 2 is 1.96 bits per heavy atom. The predicted molar refractivity (Wildman–Crippen MR) is 102 cm³/mol. The largest absolute Gasteiger partial charge is 0.490 e. The van der Waals surface area contributed by atoms with Crippen LogP contribution in [-0.4, -0.2) is 31.0 Å². The third-order valence-electron chi connectivity index (χ3n) is 3.59. The molecule has 0 heterocycles. The second kappa shape index (κ2) is 9.87. The van der Waals surface area contributed by atoms with Gasteiger partial charge >= 0.3 is 0 Å². The summed E-state index contributed by atoms with van der Waals surface area (Å²) in [6, 6.07) is 15.3. The summed E-state index contributed by atoms with van der Waals surface area (Å²) in [4.78, 5) is 14.0. The van der Waals surface area contributed by atoms with Gasteiger partial charge in [-0.25, -0.2) is 0 Å². The Hall–Kier alpha value is -2.30. The van der Waals surface area contributed by atoms with Gasteiger partial charge in [-0.15, -0.1) is 0 Å². The number of rotatable bonds is 9. The average molecular weight is 359 g/mol. The Bertz CT molecular complexity index is 701. The molecule has 0 saturated heterocycles. The fourth-order valence-corrected chi connectivity index (χ4v) is 2.55. The average Bonchev–Trinajstić information content (AvgIpc) is 2.60. The van der Waals surface area contributed by atoms with E-state index in [4.69, 9.17) is 16.3 Å². The number of nitrogens with one attached hydrogen (secondary N) is 1. The summed E-state index contributed by atoms with van der Waals surface area (Å²) in [6.07, 6.45) is 1.71. The van der Waals surface area contributed by atoms with E-state index in [-0.39, 0.29) is 5.91 Å². The molecule has 0 spiro atoms. The van der Waals surface area contributed by atoms with E-state index in [9.17, 15) is 4.79 Å². The first-order valence-electron chi connectivity index (χ1n) is 8.10. The van der Waals surface area contributed by atoms with E-state index in [1.807, 2.05) is 60.5 Å². The number of amides is 1. The van der Waals surface area contributed by atoms with Crippen LogP contribution in [0.2, 0.25) is 5.02 Å². The first kappa shape index (κ1) is 19.0. The first-order chi connectivity index (χ1) is 12.1. The second-order valence-electron chi connectivity index (χ2n) is 5.78. The van der Waals surface area contributed by atoms with Crippen LogP contribution in [0.3, 0.4) is 0 Å². The highest BCUT2D eigenvalue weighted by Gasteiger charge is 2.08. The van der Waals surface area contributed by atoms with Gasteiger partial charge in [-0.2, -0.15) is 0 Å². The van der Waals surface area contributed by atoms with Gasteiger partial charge in [0.05, 0.1) is 6.54 Å². The van der Waals surface area contributed by atoms with Crippen LogP contribution in [0.15, 0.2) is 61.2 Å². The SMILES string of the molecule is C=CCOc1ccc(CN(C)CC(=O)NCc2ccccc2Cl)cc1. The molecule has 132 valence electrons. The zero-order chi connectivity index (χ0) is 18.1. The predicted octanol–water partition coefficient (Wildman–Crippen LogP) is 3.65. The van der Waals surface area contributed by atoms with E-state index in [2.05, 4.69) is 11.9 Å². The van der Waals surface area contributed by atoms with Crippen LogP contribution in [-0.2, 0) is 17.9 Å². The van der Waals surface area contributed by atoms with E-state index < -0.39 is 0 Å². The van der Waals surface area contributed by atoms with Crippen molar-refractivity contribution in [1.29, 1.82) is 0 Å². The zero-order valence-electron chi connectivity index (χ0n) is 14.4. The maximum atomic E-state index is 12.1. The third-order valence-corrected chi connectivity index (χ3v) is 3.96. The zero-order valence-corrected chi connectivity index (χ0v) is 15.1. The highest BCUT2D eigenvalue weighted by atomic mass is 35.5. The molecular weight excluding hydrogens is 336 g/mol. The number of hydrogen-bond donors (Lipinski definition) is 1. The normalized spacial score (nSPS) is 10.5. The van der Waals surface area contributed by atoms with Crippen molar-refractivity contribution in [3.05, 3.63) is 77.3 Å². The molecule has 2 rings (SSSR count). The Morgan fingerprint density at radius 1 is 1.24 bits per heavy atom. The number of ether oxygens (including phenoxy) is 1. The van der Waals surface area contributed by atoms with Crippen molar-refractivity contribution in [3.63, 3.8) is 0 Å². The maximum Gasteiger partial charge on any atom is 0.234 e. The Balaban J connectivity index is 1.77. The highest BCUT2D eigenvalue weighted by Crippen LogP contribution is 2.15. The van der Waals surface area contributed by atoms with Crippen molar-refractivity contribution in [3.8, 4) is 5.75 Å². The topological polar surface area (TPSA) is 41.6 Å². The van der Waals surface area contributed by atoms with Gasteiger partial charge in [-0.05, 0) is 36.4 Å². The van der Waals surface area contributed by atoms with Gasteiger partial charge < -0.3 is 10.1 Å². The molecule has 2 aromatic rings. The van der Waals surface area contributed by atoms with Gasteiger partial charge in [-0.1, -0.05) is 54.6 Å². The summed E-state index contributed by atoms with van der Waals surface area (Å²) in [5.41, 5.74) is 2.03. The summed E-state index contributed by atoms with van der Waals surface area (Å²) in [6.45, 7) is 5.55. The van der Waals surface area contributed by atoms with Crippen LogP contribution < -0.4 is 10.1 Å². The van der Waals surface area contributed by atoms with Crippen LogP contribution in [0.25, 0.3) is 0 Å². The first-order valence-corrected chi connectivity index (χ1v) is 8.47. The number of benzene rings is 2. The molecule has 0 aliphatic rings. The van der Waals surface area contributed by atoms with Crippen molar-refractivity contribution in [2.75, 3.05) is 20.2 Å². The summed E-state index contributed by atoms with van der Waals surface area (Å²) in [5, 5.41) is 3.56. The molecule has 4 nitrogen and oxygen atoms in total. The van der Waals surface area contributed by atoms with E-state index in [0.717, 1.165) is 16.9 Å². The number of hydrogen-bond acceptors (Lipinski definition) is 3. The molecule has 0 bridgehead atoms. The minimum Gasteiger partial charge on any atom is -0.490 e. The fraction of sp³-hybridized carbons (Fsp3) is 0.250.